The minimum absolute atomic E-state index is 0.0202. The normalized spacial score (nSPS) is 11.5. The standard InChI is InChI=1S/C9H9ClF2O/c1-9(11,12)7-4-3-6(13-2)5-8(7)10/h3-5H,1-2H3. The molecule has 1 nitrogen and oxygen atoms in total. The molecule has 1 aromatic rings. The number of halogens is 3. The Bertz CT molecular complexity index is 307. The zero-order valence-corrected chi connectivity index (χ0v) is 8.03. The molecule has 0 aromatic heterocycles. The van der Waals surface area contributed by atoms with Crippen molar-refractivity contribution in [3.8, 4) is 5.75 Å². The van der Waals surface area contributed by atoms with Crippen LogP contribution in [-0.4, -0.2) is 7.11 Å². The van der Waals surface area contributed by atoms with E-state index in [-0.39, 0.29) is 10.6 Å². The molecule has 0 spiro atoms. The van der Waals surface area contributed by atoms with Crippen LogP contribution in [0.2, 0.25) is 5.02 Å². The van der Waals surface area contributed by atoms with Crippen molar-refractivity contribution in [2.45, 2.75) is 12.8 Å². The van der Waals surface area contributed by atoms with Crippen molar-refractivity contribution in [1.29, 1.82) is 0 Å². The molecule has 0 aliphatic rings. The van der Waals surface area contributed by atoms with Gasteiger partial charge < -0.3 is 4.74 Å². The van der Waals surface area contributed by atoms with Crippen LogP contribution >= 0.6 is 11.6 Å². The Balaban J connectivity index is 3.13. The highest BCUT2D eigenvalue weighted by atomic mass is 35.5. The molecule has 0 bridgehead atoms. The summed E-state index contributed by atoms with van der Waals surface area (Å²) in [4.78, 5) is 0. The highest BCUT2D eigenvalue weighted by molar-refractivity contribution is 6.31. The molecule has 0 atom stereocenters. The van der Waals surface area contributed by atoms with Crippen LogP contribution in [0.15, 0.2) is 18.2 Å². The molecule has 0 aliphatic heterocycles. The van der Waals surface area contributed by atoms with Gasteiger partial charge in [0.05, 0.1) is 12.1 Å². The summed E-state index contributed by atoms with van der Waals surface area (Å²) in [5, 5.41) is 0.0202. The molecule has 0 fully saturated rings. The SMILES string of the molecule is COc1ccc(C(C)(F)F)c(Cl)c1. The Morgan fingerprint density at radius 2 is 2.00 bits per heavy atom. The van der Waals surface area contributed by atoms with Gasteiger partial charge in [-0.1, -0.05) is 11.6 Å². The fourth-order valence-electron chi connectivity index (χ4n) is 0.979. The highest BCUT2D eigenvalue weighted by Crippen LogP contribution is 2.34. The van der Waals surface area contributed by atoms with Crippen LogP contribution in [0, 0.1) is 0 Å². The average Bonchev–Trinajstić information content (AvgIpc) is 2.01. The minimum Gasteiger partial charge on any atom is -0.497 e. The molecule has 13 heavy (non-hydrogen) atoms. The summed E-state index contributed by atoms with van der Waals surface area (Å²) < 4.78 is 30.5. The Kier molecular flexibility index (Phi) is 2.76. The molecule has 0 heterocycles. The first kappa shape index (κ1) is 10.3. The minimum atomic E-state index is -2.91. The number of benzene rings is 1. The Hall–Kier alpha value is -0.830. The molecular formula is C9H9ClF2O. The van der Waals surface area contributed by atoms with Crippen LogP contribution in [0.4, 0.5) is 8.78 Å². The van der Waals surface area contributed by atoms with Crippen molar-refractivity contribution in [1.82, 2.24) is 0 Å². The smallest absolute Gasteiger partial charge is 0.271 e. The number of rotatable bonds is 2. The van der Waals surface area contributed by atoms with Crippen LogP contribution in [0.1, 0.15) is 12.5 Å². The predicted octanol–water partition coefficient (Wildman–Crippen LogP) is 3.46. The van der Waals surface area contributed by atoms with Gasteiger partial charge in [-0.2, -0.15) is 0 Å². The van der Waals surface area contributed by atoms with E-state index in [1.807, 2.05) is 0 Å². The molecule has 0 unspecified atom stereocenters. The van der Waals surface area contributed by atoms with Gasteiger partial charge in [-0.25, -0.2) is 8.78 Å². The summed E-state index contributed by atoms with van der Waals surface area (Å²) in [5.41, 5.74) is -0.185. The predicted molar refractivity (Wildman–Crippen MR) is 47.6 cm³/mol. The van der Waals surface area contributed by atoms with E-state index in [0.717, 1.165) is 6.92 Å². The quantitative estimate of drug-likeness (QED) is 0.720. The summed E-state index contributed by atoms with van der Waals surface area (Å²) in [6.07, 6.45) is 0. The lowest BCUT2D eigenvalue weighted by Gasteiger charge is -2.12. The number of hydrogen-bond donors (Lipinski definition) is 0. The maximum absolute atomic E-state index is 12.8. The van der Waals surface area contributed by atoms with E-state index >= 15 is 0 Å². The molecule has 1 rings (SSSR count). The Morgan fingerprint density at radius 1 is 1.38 bits per heavy atom. The molecule has 0 saturated carbocycles. The molecule has 1 aromatic carbocycles. The first-order valence-corrected chi connectivity index (χ1v) is 4.05. The van der Waals surface area contributed by atoms with Crippen LogP contribution < -0.4 is 4.74 Å². The summed E-state index contributed by atoms with van der Waals surface area (Å²) in [7, 11) is 1.45. The third kappa shape index (κ3) is 2.31. The van der Waals surface area contributed by atoms with E-state index in [4.69, 9.17) is 16.3 Å². The summed E-state index contributed by atoms with van der Waals surface area (Å²) >= 11 is 5.63. The largest absolute Gasteiger partial charge is 0.497 e. The number of hydrogen-bond acceptors (Lipinski definition) is 1. The van der Waals surface area contributed by atoms with Crippen molar-refractivity contribution >= 4 is 11.6 Å². The second-order valence-electron chi connectivity index (χ2n) is 2.73. The number of methoxy groups -OCH3 is 1. The van der Waals surface area contributed by atoms with Gasteiger partial charge >= 0.3 is 0 Å². The van der Waals surface area contributed by atoms with Gasteiger partial charge in [0.25, 0.3) is 5.92 Å². The molecular weight excluding hydrogens is 198 g/mol. The molecule has 4 heteroatoms. The van der Waals surface area contributed by atoms with Gasteiger partial charge in [-0.15, -0.1) is 0 Å². The first-order valence-electron chi connectivity index (χ1n) is 3.67. The van der Waals surface area contributed by atoms with Crippen molar-refractivity contribution < 1.29 is 13.5 Å². The van der Waals surface area contributed by atoms with Gasteiger partial charge in [-0.3, -0.25) is 0 Å². The molecule has 0 aliphatic carbocycles. The van der Waals surface area contributed by atoms with Gasteiger partial charge in [0.2, 0.25) is 0 Å². The lowest BCUT2D eigenvalue weighted by molar-refractivity contribution is 0.0175. The van der Waals surface area contributed by atoms with E-state index < -0.39 is 5.92 Å². The third-order valence-electron chi connectivity index (χ3n) is 1.65. The third-order valence-corrected chi connectivity index (χ3v) is 1.96. The van der Waals surface area contributed by atoms with Crippen molar-refractivity contribution in [2.24, 2.45) is 0 Å². The van der Waals surface area contributed by atoms with E-state index in [1.165, 1.54) is 25.3 Å². The Morgan fingerprint density at radius 3 is 2.38 bits per heavy atom. The second-order valence-corrected chi connectivity index (χ2v) is 3.14. The molecule has 0 N–H and O–H groups in total. The Labute approximate surface area is 80.3 Å². The zero-order valence-electron chi connectivity index (χ0n) is 7.27. The van der Waals surface area contributed by atoms with E-state index in [9.17, 15) is 8.78 Å². The monoisotopic (exact) mass is 206 g/mol. The number of alkyl halides is 2. The zero-order chi connectivity index (χ0) is 10.1. The average molecular weight is 207 g/mol. The van der Waals surface area contributed by atoms with E-state index in [1.54, 1.807) is 0 Å². The maximum atomic E-state index is 12.8. The van der Waals surface area contributed by atoms with Crippen LogP contribution in [0.5, 0.6) is 5.75 Å². The molecule has 0 amide bonds. The summed E-state index contributed by atoms with van der Waals surface area (Å²) in [6.45, 7) is 0.806. The first-order chi connectivity index (χ1) is 5.95. The lowest BCUT2D eigenvalue weighted by Crippen LogP contribution is -2.07. The van der Waals surface area contributed by atoms with Gasteiger partial charge in [0, 0.05) is 12.5 Å². The van der Waals surface area contributed by atoms with Crippen LogP contribution in [0.25, 0.3) is 0 Å². The van der Waals surface area contributed by atoms with Crippen molar-refractivity contribution in [2.75, 3.05) is 7.11 Å². The van der Waals surface area contributed by atoms with Crippen molar-refractivity contribution in [3.05, 3.63) is 28.8 Å². The van der Waals surface area contributed by atoms with Gasteiger partial charge in [0.15, 0.2) is 0 Å². The highest BCUT2D eigenvalue weighted by Gasteiger charge is 2.27. The van der Waals surface area contributed by atoms with Gasteiger partial charge in [0.1, 0.15) is 5.75 Å². The fraction of sp³-hybridized carbons (Fsp3) is 0.333. The fourth-order valence-corrected chi connectivity index (χ4v) is 1.32. The summed E-state index contributed by atoms with van der Waals surface area (Å²) in [5.74, 6) is -2.44. The summed E-state index contributed by atoms with van der Waals surface area (Å²) in [6, 6.07) is 4.09. The van der Waals surface area contributed by atoms with Crippen LogP contribution in [0.3, 0.4) is 0 Å². The van der Waals surface area contributed by atoms with E-state index in [2.05, 4.69) is 0 Å². The van der Waals surface area contributed by atoms with Crippen molar-refractivity contribution in [3.63, 3.8) is 0 Å². The topological polar surface area (TPSA) is 9.23 Å². The molecule has 72 valence electrons. The lowest BCUT2D eigenvalue weighted by atomic mass is 10.1. The van der Waals surface area contributed by atoms with E-state index in [0.29, 0.717) is 5.75 Å². The maximum Gasteiger partial charge on any atom is 0.271 e. The number of ether oxygens (including phenoxy) is 1. The van der Waals surface area contributed by atoms with Crippen LogP contribution in [-0.2, 0) is 5.92 Å². The van der Waals surface area contributed by atoms with Gasteiger partial charge in [-0.05, 0) is 18.2 Å². The molecule has 0 radical (unpaired) electrons. The molecule has 0 saturated heterocycles. The second kappa shape index (κ2) is 3.50.